The summed E-state index contributed by atoms with van der Waals surface area (Å²) >= 11 is 0. The summed E-state index contributed by atoms with van der Waals surface area (Å²) in [5.74, 6) is -1.97. The van der Waals surface area contributed by atoms with Crippen molar-refractivity contribution < 1.29 is 27.6 Å². The molecule has 2 rings (SSSR count). The summed E-state index contributed by atoms with van der Waals surface area (Å²) in [5.41, 5.74) is 0. The van der Waals surface area contributed by atoms with Gasteiger partial charge in [0.25, 0.3) is 0 Å². The molecule has 0 bridgehead atoms. The summed E-state index contributed by atoms with van der Waals surface area (Å²) in [6.07, 6.45) is -1.09. The van der Waals surface area contributed by atoms with Crippen LogP contribution in [-0.2, 0) is 14.4 Å². The Morgan fingerprint density at radius 2 is 1.56 bits per heavy atom. The Kier molecular flexibility index (Phi) is 6.66. The lowest BCUT2D eigenvalue weighted by atomic mass is 10.2. The first kappa shape index (κ1) is 19.5. The van der Waals surface area contributed by atoms with Crippen LogP contribution in [0.25, 0.3) is 0 Å². The average molecular weight is 363 g/mol. The lowest BCUT2D eigenvalue weighted by molar-refractivity contribution is -0.185. The first-order valence-corrected chi connectivity index (χ1v) is 8.70. The van der Waals surface area contributed by atoms with E-state index < -0.39 is 12.1 Å². The number of hydrogen-bond donors (Lipinski definition) is 0. The molecule has 3 amide bonds. The number of alkyl halides is 3. The molecule has 25 heavy (non-hydrogen) atoms. The van der Waals surface area contributed by atoms with Gasteiger partial charge in [0.1, 0.15) is 0 Å². The number of rotatable bonds is 3. The molecule has 0 saturated carbocycles. The van der Waals surface area contributed by atoms with E-state index in [1.807, 2.05) is 0 Å². The molecule has 2 fully saturated rings. The van der Waals surface area contributed by atoms with Gasteiger partial charge in [-0.1, -0.05) is 6.42 Å². The molecule has 0 N–H and O–H groups in total. The Balaban J connectivity index is 1.82. The largest absolute Gasteiger partial charge is 0.471 e. The van der Waals surface area contributed by atoms with Crippen LogP contribution in [0.5, 0.6) is 0 Å². The van der Waals surface area contributed by atoms with Gasteiger partial charge >= 0.3 is 12.1 Å². The summed E-state index contributed by atoms with van der Waals surface area (Å²) in [5, 5.41) is 0. The van der Waals surface area contributed by atoms with Gasteiger partial charge in [0.2, 0.25) is 11.8 Å². The van der Waals surface area contributed by atoms with Gasteiger partial charge in [0.15, 0.2) is 0 Å². The Labute approximate surface area is 144 Å². The minimum atomic E-state index is -4.88. The molecule has 6 nitrogen and oxygen atoms in total. The number of carbonyl (C=O) groups is 3. The summed E-state index contributed by atoms with van der Waals surface area (Å²) in [6.45, 7) is 1.29. The van der Waals surface area contributed by atoms with E-state index in [4.69, 9.17) is 0 Å². The van der Waals surface area contributed by atoms with Crippen LogP contribution in [-0.4, -0.2) is 77.9 Å². The smallest absolute Gasteiger partial charge is 0.342 e. The number of likely N-dealkylation sites (tertiary alicyclic amines) is 1. The van der Waals surface area contributed by atoms with Crippen molar-refractivity contribution in [2.24, 2.45) is 0 Å². The fraction of sp³-hybridized carbons (Fsp3) is 0.812. The molecule has 0 radical (unpaired) electrons. The van der Waals surface area contributed by atoms with E-state index >= 15 is 0 Å². The minimum Gasteiger partial charge on any atom is -0.342 e. The highest BCUT2D eigenvalue weighted by Gasteiger charge is 2.42. The highest BCUT2D eigenvalue weighted by atomic mass is 19.4. The first-order chi connectivity index (χ1) is 11.8. The molecule has 2 aliphatic rings. The van der Waals surface area contributed by atoms with Crippen LogP contribution in [0.1, 0.15) is 38.5 Å². The van der Waals surface area contributed by atoms with Crippen LogP contribution in [0.3, 0.4) is 0 Å². The molecule has 2 heterocycles. The molecule has 0 atom stereocenters. The number of amides is 3. The van der Waals surface area contributed by atoms with Crippen LogP contribution in [0.2, 0.25) is 0 Å². The highest BCUT2D eigenvalue weighted by molar-refractivity contribution is 5.82. The van der Waals surface area contributed by atoms with Crippen LogP contribution in [0, 0.1) is 0 Å². The van der Waals surface area contributed by atoms with E-state index in [0.717, 1.165) is 24.2 Å². The van der Waals surface area contributed by atoms with Gasteiger partial charge in [-0.15, -0.1) is 0 Å². The second-order valence-electron chi connectivity index (χ2n) is 6.47. The van der Waals surface area contributed by atoms with Crippen molar-refractivity contribution in [1.82, 2.24) is 14.7 Å². The molecular formula is C16H24F3N3O3. The molecule has 0 aromatic rings. The third-order valence-corrected chi connectivity index (χ3v) is 4.65. The Hall–Kier alpha value is -1.80. The topological polar surface area (TPSA) is 60.9 Å². The standard InChI is InChI=1S/C16H24F3N3O3/c17-16(18,19)15(25)22-9-4-8-21(11-12-22)14(24)6-10-20-7-3-1-2-5-13(20)23/h1-12H2. The molecular weight excluding hydrogens is 339 g/mol. The predicted octanol–water partition coefficient (Wildman–Crippen LogP) is 1.40. The SMILES string of the molecule is O=C1CCCCCN1CCC(=O)N1CCCN(C(=O)C(F)(F)F)CC1. The van der Waals surface area contributed by atoms with Crippen LogP contribution < -0.4 is 0 Å². The van der Waals surface area contributed by atoms with Crippen molar-refractivity contribution in [2.75, 3.05) is 39.3 Å². The van der Waals surface area contributed by atoms with Gasteiger partial charge in [-0.2, -0.15) is 13.2 Å². The maximum Gasteiger partial charge on any atom is 0.471 e. The number of hydrogen-bond acceptors (Lipinski definition) is 3. The molecule has 2 saturated heterocycles. The van der Waals surface area contributed by atoms with Crippen LogP contribution >= 0.6 is 0 Å². The Morgan fingerprint density at radius 1 is 0.880 bits per heavy atom. The third kappa shape index (κ3) is 5.61. The third-order valence-electron chi connectivity index (χ3n) is 4.65. The zero-order valence-electron chi connectivity index (χ0n) is 14.2. The zero-order chi connectivity index (χ0) is 18.4. The second-order valence-corrected chi connectivity index (χ2v) is 6.47. The number of halogens is 3. The molecule has 0 aromatic carbocycles. The van der Waals surface area contributed by atoms with Crippen molar-refractivity contribution in [3.63, 3.8) is 0 Å². The fourth-order valence-corrected chi connectivity index (χ4v) is 3.21. The fourth-order valence-electron chi connectivity index (χ4n) is 3.21. The second kappa shape index (κ2) is 8.53. The maximum absolute atomic E-state index is 12.5. The monoisotopic (exact) mass is 363 g/mol. The maximum atomic E-state index is 12.5. The van der Waals surface area contributed by atoms with Gasteiger partial charge in [-0.05, 0) is 19.3 Å². The Morgan fingerprint density at radius 3 is 2.28 bits per heavy atom. The summed E-state index contributed by atoms with van der Waals surface area (Å²) < 4.78 is 37.5. The molecule has 0 spiro atoms. The molecule has 142 valence electrons. The van der Waals surface area contributed by atoms with Gasteiger partial charge in [-0.25, -0.2) is 0 Å². The quantitative estimate of drug-likeness (QED) is 0.762. The lowest BCUT2D eigenvalue weighted by Crippen LogP contribution is -2.43. The first-order valence-electron chi connectivity index (χ1n) is 8.70. The molecule has 9 heteroatoms. The van der Waals surface area contributed by atoms with Gasteiger partial charge < -0.3 is 14.7 Å². The van der Waals surface area contributed by atoms with Crippen molar-refractivity contribution in [1.29, 1.82) is 0 Å². The number of carbonyl (C=O) groups excluding carboxylic acids is 3. The molecule has 0 unspecified atom stereocenters. The Bertz CT molecular complexity index is 511. The highest BCUT2D eigenvalue weighted by Crippen LogP contribution is 2.20. The minimum absolute atomic E-state index is 0.00721. The van der Waals surface area contributed by atoms with Gasteiger partial charge in [0, 0.05) is 52.1 Å². The summed E-state index contributed by atoms with van der Waals surface area (Å²) in [6, 6.07) is 0. The van der Waals surface area contributed by atoms with Crippen LogP contribution in [0.15, 0.2) is 0 Å². The number of nitrogens with zero attached hydrogens (tertiary/aromatic N) is 3. The van der Waals surface area contributed by atoms with E-state index in [2.05, 4.69) is 0 Å². The predicted molar refractivity (Wildman–Crippen MR) is 83.5 cm³/mol. The molecule has 0 aliphatic carbocycles. The van der Waals surface area contributed by atoms with Crippen molar-refractivity contribution >= 4 is 17.7 Å². The normalized spacial score (nSPS) is 20.3. The van der Waals surface area contributed by atoms with E-state index in [1.165, 1.54) is 4.90 Å². The van der Waals surface area contributed by atoms with E-state index in [0.29, 0.717) is 32.5 Å². The van der Waals surface area contributed by atoms with Crippen molar-refractivity contribution in [2.45, 2.75) is 44.7 Å². The van der Waals surface area contributed by atoms with E-state index in [-0.39, 0.29) is 37.9 Å². The molecule has 0 aromatic heterocycles. The zero-order valence-corrected chi connectivity index (χ0v) is 14.2. The van der Waals surface area contributed by atoms with Gasteiger partial charge in [-0.3, -0.25) is 14.4 Å². The van der Waals surface area contributed by atoms with Crippen molar-refractivity contribution in [3.8, 4) is 0 Å². The van der Waals surface area contributed by atoms with E-state index in [1.54, 1.807) is 4.90 Å². The summed E-state index contributed by atoms with van der Waals surface area (Å²) in [4.78, 5) is 39.5. The lowest BCUT2D eigenvalue weighted by Gasteiger charge is -2.25. The molecule has 2 aliphatic heterocycles. The van der Waals surface area contributed by atoms with Gasteiger partial charge in [0.05, 0.1) is 0 Å². The van der Waals surface area contributed by atoms with Crippen molar-refractivity contribution in [3.05, 3.63) is 0 Å². The van der Waals surface area contributed by atoms with Crippen LogP contribution in [0.4, 0.5) is 13.2 Å². The van der Waals surface area contributed by atoms with E-state index in [9.17, 15) is 27.6 Å². The average Bonchev–Trinajstić information content (AvgIpc) is 2.91. The summed E-state index contributed by atoms with van der Waals surface area (Å²) in [7, 11) is 0.